The zero-order chi connectivity index (χ0) is 21.3. The van der Waals surface area contributed by atoms with Gasteiger partial charge in [-0.25, -0.2) is 4.79 Å². The number of methoxy groups -OCH3 is 2. The third-order valence-electron chi connectivity index (χ3n) is 4.68. The van der Waals surface area contributed by atoms with Crippen LogP contribution in [0.15, 0.2) is 59.0 Å². The fourth-order valence-corrected chi connectivity index (χ4v) is 3.09. The smallest absolute Gasteiger partial charge is 0.338 e. The number of furan rings is 1. The lowest BCUT2D eigenvalue weighted by Gasteiger charge is -2.09. The number of rotatable bonds is 10. The van der Waals surface area contributed by atoms with E-state index < -0.39 is 0 Å². The normalized spacial score (nSPS) is 10.3. The molecule has 2 aromatic carbocycles. The molecule has 1 N–H and O–H groups in total. The molecular formula is C24H28ClNO5. The lowest BCUT2D eigenvalue weighted by atomic mass is 10.1. The number of nitrogens with one attached hydrogen (secondary N) is 1. The summed E-state index contributed by atoms with van der Waals surface area (Å²) >= 11 is 0. The van der Waals surface area contributed by atoms with Crippen LogP contribution in [0.25, 0.3) is 11.3 Å². The molecule has 166 valence electrons. The summed E-state index contributed by atoms with van der Waals surface area (Å²) in [6.45, 7) is 3.59. The number of carbonyl (C=O) groups is 1. The summed E-state index contributed by atoms with van der Waals surface area (Å²) in [6.07, 6.45) is 0.864. The largest absolute Gasteiger partial charge is 0.493 e. The van der Waals surface area contributed by atoms with Gasteiger partial charge in [-0.05, 0) is 61.9 Å². The summed E-state index contributed by atoms with van der Waals surface area (Å²) in [7, 11) is 3.27. The lowest BCUT2D eigenvalue weighted by molar-refractivity contribution is 0.0526. The molecule has 3 rings (SSSR count). The van der Waals surface area contributed by atoms with Gasteiger partial charge in [0.2, 0.25) is 0 Å². The first kappa shape index (κ1) is 24.3. The Bertz CT molecular complexity index is 968. The molecule has 0 radical (unpaired) electrons. The molecule has 0 aliphatic heterocycles. The topological polar surface area (TPSA) is 69.9 Å². The van der Waals surface area contributed by atoms with Gasteiger partial charge in [0.25, 0.3) is 0 Å². The molecule has 3 aromatic rings. The Labute approximate surface area is 188 Å². The Morgan fingerprint density at radius 1 is 0.968 bits per heavy atom. The maximum atomic E-state index is 11.7. The quantitative estimate of drug-likeness (QED) is 0.354. The van der Waals surface area contributed by atoms with Crippen molar-refractivity contribution in [3.63, 3.8) is 0 Å². The summed E-state index contributed by atoms with van der Waals surface area (Å²) < 4.78 is 21.5. The van der Waals surface area contributed by atoms with Crippen molar-refractivity contribution in [2.75, 3.05) is 27.4 Å². The average Bonchev–Trinajstić information content (AvgIpc) is 3.25. The number of hydrogen-bond donors (Lipinski definition) is 1. The maximum absolute atomic E-state index is 11.7. The van der Waals surface area contributed by atoms with Crippen LogP contribution in [0, 0.1) is 0 Å². The SMILES string of the molecule is CCOC(=O)c1ccc(-c2ccc(CNCCc3ccc(OC)c(OC)c3)o2)cc1.Cl. The second-order valence-corrected chi connectivity index (χ2v) is 6.68. The highest BCUT2D eigenvalue weighted by molar-refractivity contribution is 5.89. The van der Waals surface area contributed by atoms with Gasteiger partial charge in [-0.3, -0.25) is 0 Å². The molecule has 1 aromatic heterocycles. The van der Waals surface area contributed by atoms with E-state index in [1.165, 1.54) is 5.56 Å². The Balaban J connectivity index is 0.00000341. The monoisotopic (exact) mass is 445 g/mol. The Morgan fingerprint density at radius 2 is 1.71 bits per heavy atom. The molecule has 6 nitrogen and oxygen atoms in total. The first-order valence-electron chi connectivity index (χ1n) is 9.92. The number of esters is 1. The summed E-state index contributed by atoms with van der Waals surface area (Å²) in [5, 5.41) is 3.39. The molecule has 0 aliphatic carbocycles. The third kappa shape index (κ3) is 6.51. The minimum atomic E-state index is -0.317. The van der Waals surface area contributed by atoms with Gasteiger partial charge >= 0.3 is 5.97 Å². The van der Waals surface area contributed by atoms with Crippen LogP contribution in [-0.4, -0.2) is 33.3 Å². The summed E-state index contributed by atoms with van der Waals surface area (Å²) in [5.41, 5.74) is 2.62. The zero-order valence-corrected chi connectivity index (χ0v) is 18.8. The molecule has 0 amide bonds. The van der Waals surface area contributed by atoms with E-state index in [-0.39, 0.29) is 18.4 Å². The fourth-order valence-electron chi connectivity index (χ4n) is 3.09. The van der Waals surface area contributed by atoms with Gasteiger partial charge in [-0.2, -0.15) is 0 Å². The molecule has 0 fully saturated rings. The van der Waals surface area contributed by atoms with Gasteiger partial charge in [0.05, 0.1) is 32.9 Å². The van der Waals surface area contributed by atoms with Crippen molar-refractivity contribution < 1.29 is 23.4 Å². The van der Waals surface area contributed by atoms with Crippen molar-refractivity contribution in [1.29, 1.82) is 0 Å². The minimum Gasteiger partial charge on any atom is -0.493 e. The number of ether oxygens (including phenoxy) is 3. The molecule has 0 unspecified atom stereocenters. The lowest BCUT2D eigenvalue weighted by Crippen LogP contribution is -2.16. The van der Waals surface area contributed by atoms with E-state index in [0.29, 0.717) is 18.7 Å². The molecule has 0 spiro atoms. The van der Waals surface area contributed by atoms with E-state index in [9.17, 15) is 4.79 Å². The predicted molar refractivity (Wildman–Crippen MR) is 122 cm³/mol. The highest BCUT2D eigenvalue weighted by Gasteiger charge is 2.09. The summed E-state index contributed by atoms with van der Waals surface area (Å²) in [5.74, 6) is 2.77. The van der Waals surface area contributed by atoms with Gasteiger partial charge in [0, 0.05) is 5.56 Å². The third-order valence-corrected chi connectivity index (χ3v) is 4.68. The van der Waals surface area contributed by atoms with Crippen LogP contribution in [0.3, 0.4) is 0 Å². The van der Waals surface area contributed by atoms with E-state index in [2.05, 4.69) is 5.32 Å². The second kappa shape index (κ2) is 12.0. The van der Waals surface area contributed by atoms with Crippen LogP contribution in [0.4, 0.5) is 0 Å². The molecular weight excluding hydrogens is 418 g/mol. The summed E-state index contributed by atoms with van der Waals surface area (Å²) in [6, 6.07) is 17.1. The van der Waals surface area contributed by atoms with E-state index >= 15 is 0 Å². The minimum absolute atomic E-state index is 0. The summed E-state index contributed by atoms with van der Waals surface area (Å²) in [4.78, 5) is 11.7. The molecule has 0 atom stereocenters. The van der Waals surface area contributed by atoms with Crippen LogP contribution in [0.5, 0.6) is 11.5 Å². The van der Waals surface area contributed by atoms with Gasteiger partial charge in [0.1, 0.15) is 11.5 Å². The van der Waals surface area contributed by atoms with Crippen LogP contribution >= 0.6 is 12.4 Å². The van der Waals surface area contributed by atoms with Crippen molar-refractivity contribution in [2.24, 2.45) is 0 Å². The standard InChI is InChI=1S/C24H27NO5.ClH/c1-4-29-24(26)19-8-6-18(7-9-19)21-12-10-20(30-21)16-25-14-13-17-5-11-22(27-2)23(15-17)28-3;/h5-12,15,25H,4,13-14,16H2,1-3H3;1H. The molecule has 0 aliphatic rings. The van der Waals surface area contributed by atoms with Gasteiger partial charge < -0.3 is 23.9 Å². The highest BCUT2D eigenvalue weighted by atomic mass is 35.5. The average molecular weight is 446 g/mol. The molecule has 0 bridgehead atoms. The Hall–Kier alpha value is -2.96. The van der Waals surface area contributed by atoms with Crippen molar-refractivity contribution in [2.45, 2.75) is 19.9 Å². The first-order valence-corrected chi connectivity index (χ1v) is 9.92. The zero-order valence-electron chi connectivity index (χ0n) is 18.0. The van der Waals surface area contributed by atoms with Crippen LogP contribution in [0.1, 0.15) is 28.6 Å². The Kier molecular flexibility index (Phi) is 9.43. The van der Waals surface area contributed by atoms with E-state index in [4.69, 9.17) is 18.6 Å². The van der Waals surface area contributed by atoms with Gasteiger partial charge in [-0.1, -0.05) is 18.2 Å². The van der Waals surface area contributed by atoms with Gasteiger partial charge in [-0.15, -0.1) is 12.4 Å². The number of hydrogen-bond acceptors (Lipinski definition) is 6. The molecule has 31 heavy (non-hydrogen) atoms. The number of benzene rings is 2. The van der Waals surface area contributed by atoms with E-state index in [1.807, 2.05) is 42.5 Å². The molecule has 0 saturated carbocycles. The maximum Gasteiger partial charge on any atom is 0.338 e. The highest BCUT2D eigenvalue weighted by Crippen LogP contribution is 2.27. The predicted octanol–water partition coefficient (Wildman–Crippen LogP) is 4.89. The van der Waals surface area contributed by atoms with Gasteiger partial charge in [0.15, 0.2) is 11.5 Å². The molecule has 1 heterocycles. The van der Waals surface area contributed by atoms with Crippen LogP contribution in [0.2, 0.25) is 0 Å². The van der Waals surface area contributed by atoms with Crippen LogP contribution in [-0.2, 0) is 17.7 Å². The van der Waals surface area contributed by atoms with E-state index in [0.717, 1.165) is 41.5 Å². The molecule has 7 heteroatoms. The second-order valence-electron chi connectivity index (χ2n) is 6.68. The van der Waals surface area contributed by atoms with Crippen molar-refractivity contribution in [3.8, 4) is 22.8 Å². The number of carbonyl (C=O) groups excluding carboxylic acids is 1. The Morgan fingerprint density at radius 3 is 2.39 bits per heavy atom. The fraction of sp³-hybridized carbons (Fsp3) is 0.292. The van der Waals surface area contributed by atoms with Crippen molar-refractivity contribution in [3.05, 3.63) is 71.5 Å². The van der Waals surface area contributed by atoms with Crippen LogP contribution < -0.4 is 14.8 Å². The van der Waals surface area contributed by atoms with Crippen molar-refractivity contribution >= 4 is 18.4 Å². The van der Waals surface area contributed by atoms with Crippen molar-refractivity contribution in [1.82, 2.24) is 5.32 Å². The number of halogens is 1. The first-order chi connectivity index (χ1) is 14.6. The molecule has 0 saturated heterocycles. The van der Waals surface area contributed by atoms with E-state index in [1.54, 1.807) is 33.3 Å².